The summed E-state index contributed by atoms with van der Waals surface area (Å²) in [5.74, 6) is -0.488. The lowest BCUT2D eigenvalue weighted by Gasteiger charge is -2.28. The van der Waals surface area contributed by atoms with E-state index in [1.54, 1.807) is 58.6 Å². The van der Waals surface area contributed by atoms with Crippen molar-refractivity contribution in [3.05, 3.63) is 54.6 Å². The summed E-state index contributed by atoms with van der Waals surface area (Å²) >= 11 is 0. The van der Waals surface area contributed by atoms with Gasteiger partial charge in [0.15, 0.2) is 0 Å². The van der Waals surface area contributed by atoms with Crippen molar-refractivity contribution < 1.29 is 29.0 Å². The molecule has 1 saturated carbocycles. The minimum Gasteiger partial charge on any atom is -0.481 e. The highest BCUT2D eigenvalue weighted by molar-refractivity contribution is 5.88. The summed E-state index contributed by atoms with van der Waals surface area (Å²) in [6.45, 7) is 10.4. The van der Waals surface area contributed by atoms with Gasteiger partial charge in [0.1, 0.15) is 28.8 Å². The zero-order valence-corrected chi connectivity index (χ0v) is 23.3. The van der Waals surface area contributed by atoms with Gasteiger partial charge in [0, 0.05) is 18.1 Å². The zero-order chi connectivity index (χ0) is 28.6. The number of hydrogen-bond acceptors (Lipinski definition) is 7. The van der Waals surface area contributed by atoms with Gasteiger partial charge in [0.25, 0.3) is 0 Å². The number of imide groups is 1. The van der Waals surface area contributed by atoms with Gasteiger partial charge in [-0.25, -0.2) is 24.5 Å². The van der Waals surface area contributed by atoms with Crippen molar-refractivity contribution in [3.63, 3.8) is 0 Å². The molecule has 4 rings (SSSR count). The number of imidazole rings is 1. The van der Waals surface area contributed by atoms with Crippen molar-refractivity contribution in [1.29, 1.82) is 0 Å². The monoisotopic (exact) mass is 536 g/mol. The van der Waals surface area contributed by atoms with E-state index in [1.165, 1.54) is 0 Å². The summed E-state index contributed by atoms with van der Waals surface area (Å²) in [6.07, 6.45) is 3.01. The largest absolute Gasteiger partial charge is 0.481 e. The molecule has 1 N–H and O–H groups in total. The van der Waals surface area contributed by atoms with Gasteiger partial charge < -0.3 is 14.6 Å². The Balaban J connectivity index is 1.45. The average molecular weight is 537 g/mol. The molecule has 0 spiro atoms. The van der Waals surface area contributed by atoms with Crippen LogP contribution in [0, 0.1) is 5.92 Å². The summed E-state index contributed by atoms with van der Waals surface area (Å²) in [4.78, 5) is 48.0. The number of benzene rings is 1. The number of carbonyl (C=O) groups is 3. The number of ether oxygens (including phenoxy) is 2. The normalized spacial score (nSPS) is 19.0. The lowest BCUT2D eigenvalue weighted by Crippen LogP contribution is -2.44. The number of aliphatic carboxylic acids is 1. The van der Waals surface area contributed by atoms with Crippen LogP contribution in [0.25, 0.3) is 16.7 Å². The third-order valence-corrected chi connectivity index (χ3v) is 6.54. The fourth-order valence-electron chi connectivity index (χ4n) is 4.63. The quantitative estimate of drug-likeness (QED) is 0.407. The molecular formula is C29H36N4O6. The molecule has 1 fully saturated rings. The standard InChI is InChI=1S/C29H36N4O6/c1-27(2,3)38-25(36)33(26(37)39-28(4,5)6)15-9-11-20-16-29(20,24(34)35)22-17-32(18-30-22)23-14-13-19-10-7-8-12-21(19)31-23/h7-8,10,12-14,17-18,20H,9,11,15-16H2,1-6H3,(H,34,35). The second-order valence-electron chi connectivity index (χ2n) is 12.0. The second kappa shape index (κ2) is 10.3. The van der Waals surface area contributed by atoms with Gasteiger partial charge in [-0.2, -0.15) is 0 Å². The molecule has 10 nitrogen and oxygen atoms in total. The minimum atomic E-state index is -1.12. The van der Waals surface area contributed by atoms with Crippen LogP contribution in [0.5, 0.6) is 0 Å². The molecule has 2 unspecified atom stereocenters. The molecule has 0 aliphatic heterocycles. The molecular weight excluding hydrogens is 500 g/mol. The second-order valence-corrected chi connectivity index (χ2v) is 12.0. The first-order valence-corrected chi connectivity index (χ1v) is 13.1. The number of carboxylic acid groups (broad SMARTS) is 1. The molecule has 1 aliphatic carbocycles. The molecule has 2 aromatic heterocycles. The molecule has 1 aliphatic rings. The third kappa shape index (κ3) is 6.38. The molecule has 3 aromatic rings. The minimum absolute atomic E-state index is 0.0471. The van der Waals surface area contributed by atoms with Gasteiger partial charge in [0.2, 0.25) is 0 Å². The number of fused-ring (bicyclic) bond motifs is 1. The van der Waals surface area contributed by atoms with Crippen molar-refractivity contribution in [1.82, 2.24) is 19.4 Å². The van der Waals surface area contributed by atoms with E-state index in [1.807, 2.05) is 36.4 Å². The number of carbonyl (C=O) groups excluding carboxylic acids is 2. The predicted octanol–water partition coefficient (Wildman–Crippen LogP) is 5.72. The van der Waals surface area contributed by atoms with Crippen molar-refractivity contribution in [2.45, 2.75) is 77.4 Å². The predicted molar refractivity (Wildman–Crippen MR) is 145 cm³/mol. The highest BCUT2D eigenvalue weighted by Gasteiger charge is 2.62. The molecule has 0 bridgehead atoms. The van der Waals surface area contributed by atoms with Crippen LogP contribution >= 0.6 is 0 Å². The number of aromatic nitrogens is 3. The lowest BCUT2D eigenvalue weighted by atomic mass is 9.97. The molecule has 10 heteroatoms. The highest BCUT2D eigenvalue weighted by atomic mass is 16.6. The molecule has 0 radical (unpaired) electrons. The SMILES string of the molecule is CC(C)(C)OC(=O)N(CCCC1CC1(C(=O)O)c1cn(-c2ccc3ccccc3n2)cn1)C(=O)OC(C)(C)C. The number of rotatable bonds is 7. The van der Waals surface area contributed by atoms with Gasteiger partial charge in [-0.05, 0) is 84.9 Å². The Labute approximate surface area is 227 Å². The Hall–Kier alpha value is -3.95. The maximum Gasteiger partial charge on any atom is 0.419 e. The molecule has 1 aromatic carbocycles. The zero-order valence-electron chi connectivity index (χ0n) is 23.3. The molecule has 39 heavy (non-hydrogen) atoms. The van der Waals surface area contributed by atoms with Crippen LogP contribution in [-0.2, 0) is 19.7 Å². The Kier molecular flexibility index (Phi) is 7.42. The van der Waals surface area contributed by atoms with Crippen molar-refractivity contribution in [2.24, 2.45) is 5.92 Å². The fourth-order valence-corrected chi connectivity index (χ4v) is 4.63. The molecule has 2 amide bonds. The first-order chi connectivity index (χ1) is 18.2. The van der Waals surface area contributed by atoms with E-state index in [2.05, 4.69) is 9.97 Å². The smallest absolute Gasteiger partial charge is 0.419 e. The van der Waals surface area contributed by atoms with Gasteiger partial charge in [-0.3, -0.25) is 9.36 Å². The maximum absolute atomic E-state index is 12.7. The van der Waals surface area contributed by atoms with Crippen molar-refractivity contribution in [2.75, 3.05) is 6.54 Å². The van der Waals surface area contributed by atoms with Gasteiger partial charge in [-0.15, -0.1) is 0 Å². The molecule has 2 atom stereocenters. The van der Waals surface area contributed by atoms with Crippen molar-refractivity contribution in [3.8, 4) is 5.82 Å². The Morgan fingerprint density at radius 2 is 1.67 bits per heavy atom. The van der Waals surface area contributed by atoms with E-state index < -0.39 is 34.8 Å². The number of carboxylic acids is 1. The third-order valence-electron chi connectivity index (χ3n) is 6.54. The number of pyridine rings is 1. The van der Waals surface area contributed by atoms with Crippen molar-refractivity contribution >= 4 is 29.1 Å². The van der Waals surface area contributed by atoms with Crippen LogP contribution in [0.3, 0.4) is 0 Å². The highest BCUT2D eigenvalue weighted by Crippen LogP contribution is 2.56. The average Bonchev–Trinajstić information content (AvgIpc) is 3.35. The van der Waals surface area contributed by atoms with E-state index in [0.717, 1.165) is 15.8 Å². The Morgan fingerprint density at radius 3 is 2.28 bits per heavy atom. The van der Waals surface area contributed by atoms with Gasteiger partial charge >= 0.3 is 18.2 Å². The Bertz CT molecular complexity index is 1360. The van der Waals surface area contributed by atoms with E-state index in [4.69, 9.17) is 9.47 Å². The van der Waals surface area contributed by atoms with Crippen LogP contribution in [0.2, 0.25) is 0 Å². The summed E-state index contributed by atoms with van der Waals surface area (Å²) in [6, 6.07) is 11.6. The maximum atomic E-state index is 12.7. The summed E-state index contributed by atoms with van der Waals surface area (Å²) in [7, 11) is 0. The molecule has 208 valence electrons. The lowest BCUT2D eigenvalue weighted by molar-refractivity contribution is -0.140. The van der Waals surface area contributed by atoms with Crippen LogP contribution < -0.4 is 0 Å². The summed E-state index contributed by atoms with van der Waals surface area (Å²) in [5, 5.41) is 11.2. The topological polar surface area (TPSA) is 124 Å². The van der Waals surface area contributed by atoms with E-state index >= 15 is 0 Å². The molecule has 2 heterocycles. The van der Waals surface area contributed by atoms with Crippen LogP contribution in [0.1, 0.15) is 66.5 Å². The fraction of sp³-hybridized carbons (Fsp3) is 0.483. The van der Waals surface area contributed by atoms with E-state index in [-0.39, 0.29) is 12.5 Å². The van der Waals surface area contributed by atoms with Crippen LogP contribution in [-0.4, -0.2) is 60.4 Å². The van der Waals surface area contributed by atoms with E-state index in [0.29, 0.717) is 30.8 Å². The number of nitrogens with zero attached hydrogens (tertiary/aromatic N) is 4. The molecule has 0 saturated heterocycles. The number of para-hydroxylation sites is 1. The van der Waals surface area contributed by atoms with Crippen LogP contribution in [0.4, 0.5) is 9.59 Å². The van der Waals surface area contributed by atoms with E-state index in [9.17, 15) is 19.5 Å². The number of amides is 2. The van der Waals surface area contributed by atoms with Crippen LogP contribution in [0.15, 0.2) is 48.9 Å². The van der Waals surface area contributed by atoms with Gasteiger partial charge in [-0.1, -0.05) is 18.2 Å². The number of hydrogen-bond donors (Lipinski definition) is 1. The summed E-state index contributed by atoms with van der Waals surface area (Å²) < 4.78 is 12.5. The first-order valence-electron chi connectivity index (χ1n) is 13.1. The summed E-state index contributed by atoms with van der Waals surface area (Å²) in [5.41, 5.74) is -1.39. The first kappa shape index (κ1) is 28.1. The van der Waals surface area contributed by atoms with Gasteiger partial charge in [0.05, 0.1) is 11.2 Å². The Morgan fingerprint density at radius 1 is 1.03 bits per heavy atom.